The van der Waals surface area contributed by atoms with Crippen molar-refractivity contribution in [3.8, 4) is 11.5 Å². The lowest BCUT2D eigenvalue weighted by atomic mass is 9.87. The third kappa shape index (κ3) is 6.66. The van der Waals surface area contributed by atoms with Gasteiger partial charge in [0, 0.05) is 36.4 Å². The number of ether oxygens (including phenoxy) is 1. The van der Waals surface area contributed by atoms with E-state index in [9.17, 15) is 22.4 Å². The predicted molar refractivity (Wildman–Crippen MR) is 122 cm³/mol. The van der Waals surface area contributed by atoms with Gasteiger partial charge in [-0.2, -0.15) is 0 Å². The summed E-state index contributed by atoms with van der Waals surface area (Å²) in [5.74, 6) is -6.45. The Labute approximate surface area is 228 Å². The number of aromatic nitrogens is 2. The van der Waals surface area contributed by atoms with Crippen molar-refractivity contribution >= 4 is 11.7 Å². The van der Waals surface area contributed by atoms with E-state index >= 15 is 0 Å². The van der Waals surface area contributed by atoms with Crippen molar-refractivity contribution in [1.82, 2.24) is 9.88 Å². The van der Waals surface area contributed by atoms with Gasteiger partial charge < -0.3 is 34.0 Å². The SMILES string of the molecule is CO[n+]1ccc([C@H]2CN([C@@H](C)C(=O)Nc3ccc(Oc4c(F)cccc4F)cn3)CCC2(F)F)cc1.[I-]. The van der Waals surface area contributed by atoms with Gasteiger partial charge in [0.1, 0.15) is 18.7 Å². The van der Waals surface area contributed by atoms with Crippen LogP contribution in [-0.2, 0) is 4.79 Å². The van der Waals surface area contributed by atoms with Gasteiger partial charge in [-0.3, -0.25) is 14.5 Å². The fraction of sp³-hybridized carbons (Fsp3) is 0.320. The lowest BCUT2D eigenvalue weighted by Crippen LogP contribution is -3.00. The van der Waals surface area contributed by atoms with E-state index in [1.807, 2.05) is 0 Å². The predicted octanol–water partition coefficient (Wildman–Crippen LogP) is 0.954. The molecular weight excluding hydrogens is 607 g/mol. The van der Waals surface area contributed by atoms with Crippen molar-refractivity contribution in [2.75, 3.05) is 25.5 Å². The van der Waals surface area contributed by atoms with Gasteiger partial charge in [0.15, 0.2) is 17.4 Å². The number of likely N-dealkylation sites (tertiary alicyclic amines) is 1. The molecule has 198 valence electrons. The summed E-state index contributed by atoms with van der Waals surface area (Å²) in [5, 5.41) is 2.64. The van der Waals surface area contributed by atoms with Gasteiger partial charge in [-0.25, -0.2) is 22.5 Å². The number of carbonyl (C=O) groups excluding carboxylic acids is 1. The van der Waals surface area contributed by atoms with Crippen LogP contribution in [-0.4, -0.2) is 48.0 Å². The van der Waals surface area contributed by atoms with E-state index in [1.165, 1.54) is 36.2 Å². The van der Waals surface area contributed by atoms with Gasteiger partial charge in [-0.1, -0.05) is 6.07 Å². The normalized spacial score (nSPS) is 17.8. The summed E-state index contributed by atoms with van der Waals surface area (Å²) >= 11 is 0. The Bertz CT molecular complexity index is 1200. The molecule has 3 aromatic rings. The molecule has 1 aliphatic heterocycles. The number of hydrogen-bond acceptors (Lipinski definition) is 5. The molecule has 1 amide bonds. The van der Waals surface area contributed by atoms with Crippen LogP contribution in [0, 0.1) is 11.6 Å². The van der Waals surface area contributed by atoms with Gasteiger partial charge >= 0.3 is 0 Å². The van der Waals surface area contributed by atoms with Gasteiger partial charge in [0.2, 0.25) is 18.3 Å². The first-order valence-corrected chi connectivity index (χ1v) is 11.2. The minimum Gasteiger partial charge on any atom is -1.00 e. The number of para-hydroxylation sites is 1. The van der Waals surface area contributed by atoms with Gasteiger partial charge in [0.05, 0.1) is 18.2 Å². The minimum atomic E-state index is -2.92. The molecule has 0 aliphatic carbocycles. The average molecular weight is 632 g/mol. The van der Waals surface area contributed by atoms with E-state index < -0.39 is 41.2 Å². The summed E-state index contributed by atoms with van der Waals surface area (Å²) in [6.07, 6.45) is 3.94. The molecule has 1 N–H and O–H groups in total. The fourth-order valence-corrected chi connectivity index (χ4v) is 4.01. The van der Waals surface area contributed by atoms with Gasteiger partial charge in [-0.05, 0) is 36.8 Å². The third-order valence-corrected chi connectivity index (χ3v) is 6.15. The number of pyridine rings is 2. The van der Waals surface area contributed by atoms with Gasteiger partial charge in [0.25, 0.3) is 5.92 Å². The summed E-state index contributed by atoms with van der Waals surface area (Å²) in [5.41, 5.74) is 0.453. The second kappa shape index (κ2) is 12.0. The van der Waals surface area contributed by atoms with Crippen LogP contribution in [0.1, 0.15) is 24.8 Å². The first kappa shape index (κ1) is 28.6. The molecule has 0 bridgehead atoms. The van der Waals surface area contributed by atoms with E-state index in [0.29, 0.717) is 5.56 Å². The number of benzene rings is 1. The number of alkyl halides is 2. The second-order valence-electron chi connectivity index (χ2n) is 8.43. The summed E-state index contributed by atoms with van der Waals surface area (Å²) in [4.78, 5) is 23.6. The van der Waals surface area contributed by atoms with Crippen LogP contribution in [0.25, 0.3) is 0 Å². The van der Waals surface area contributed by atoms with E-state index in [0.717, 1.165) is 12.1 Å². The molecule has 1 saturated heterocycles. The zero-order valence-electron chi connectivity index (χ0n) is 20.0. The molecule has 4 rings (SSSR count). The lowest BCUT2D eigenvalue weighted by molar-refractivity contribution is -0.885. The highest BCUT2D eigenvalue weighted by Gasteiger charge is 2.46. The zero-order valence-corrected chi connectivity index (χ0v) is 22.2. The highest BCUT2D eigenvalue weighted by molar-refractivity contribution is 5.93. The van der Waals surface area contributed by atoms with E-state index in [1.54, 1.807) is 36.4 Å². The largest absolute Gasteiger partial charge is 1.00 e. The molecule has 1 fully saturated rings. The topological polar surface area (TPSA) is 67.6 Å². The van der Waals surface area contributed by atoms with Crippen LogP contribution in [0.5, 0.6) is 11.5 Å². The molecule has 0 saturated carbocycles. The molecule has 37 heavy (non-hydrogen) atoms. The van der Waals surface area contributed by atoms with Crippen molar-refractivity contribution < 1.29 is 60.6 Å². The first-order chi connectivity index (χ1) is 17.2. The molecule has 3 heterocycles. The highest BCUT2D eigenvalue weighted by atomic mass is 127. The quantitative estimate of drug-likeness (QED) is 0.239. The Morgan fingerprint density at radius 2 is 1.84 bits per heavy atom. The van der Waals surface area contributed by atoms with Crippen LogP contribution >= 0.6 is 0 Å². The third-order valence-electron chi connectivity index (χ3n) is 6.15. The number of anilines is 1. The van der Waals surface area contributed by atoms with E-state index in [2.05, 4.69) is 10.3 Å². The second-order valence-corrected chi connectivity index (χ2v) is 8.43. The standard InChI is InChI=1S/C25H24F4N4O3.HI/c1-16(32-13-10-25(28,29)19(15-32)17-8-11-33(35-2)12-9-17)24(34)31-22-7-6-18(14-30-22)36-23-20(26)4-3-5-21(23)27;/h3-9,11-12,14,16,19H,10,13,15H2,1-2H3;1H/t16-,19+;/m0./s1. The van der Waals surface area contributed by atoms with Crippen molar-refractivity contribution in [3.05, 3.63) is 78.3 Å². The average Bonchev–Trinajstić information content (AvgIpc) is 2.87. The summed E-state index contributed by atoms with van der Waals surface area (Å²) < 4.78 is 63.6. The number of halogens is 5. The highest BCUT2D eigenvalue weighted by Crippen LogP contribution is 2.40. The number of nitrogens with zero attached hydrogens (tertiary/aromatic N) is 3. The Hall–Kier alpha value is -3.00. The Morgan fingerprint density at radius 1 is 1.16 bits per heavy atom. The number of amides is 1. The van der Waals surface area contributed by atoms with E-state index in [-0.39, 0.29) is 55.1 Å². The Kier molecular flexibility index (Phi) is 9.29. The summed E-state index contributed by atoms with van der Waals surface area (Å²) in [7, 11) is 1.47. The zero-order chi connectivity index (χ0) is 25.9. The van der Waals surface area contributed by atoms with Crippen LogP contribution in [0.3, 0.4) is 0 Å². The molecular formula is C25H25F4IN4O3. The summed E-state index contributed by atoms with van der Waals surface area (Å²) in [6.45, 7) is 1.68. The molecule has 12 heteroatoms. The fourth-order valence-electron chi connectivity index (χ4n) is 4.01. The van der Waals surface area contributed by atoms with E-state index in [4.69, 9.17) is 9.57 Å². The van der Waals surface area contributed by atoms with Crippen molar-refractivity contribution in [1.29, 1.82) is 0 Å². The van der Waals surface area contributed by atoms with Crippen LogP contribution < -0.4 is 43.6 Å². The van der Waals surface area contributed by atoms with Gasteiger partial charge in [-0.15, -0.1) is 0 Å². The maximum Gasteiger partial charge on any atom is 0.257 e. The van der Waals surface area contributed by atoms with Crippen molar-refractivity contribution in [2.24, 2.45) is 0 Å². The molecule has 7 nitrogen and oxygen atoms in total. The summed E-state index contributed by atoms with van der Waals surface area (Å²) in [6, 6.07) is 8.62. The maximum absolute atomic E-state index is 14.7. The monoisotopic (exact) mass is 632 g/mol. The van der Waals surface area contributed by atoms with Crippen molar-refractivity contribution in [3.63, 3.8) is 0 Å². The molecule has 1 aromatic carbocycles. The number of carbonyl (C=O) groups is 1. The number of piperidine rings is 1. The molecule has 0 spiro atoms. The Morgan fingerprint density at radius 3 is 2.43 bits per heavy atom. The molecule has 0 unspecified atom stereocenters. The number of rotatable bonds is 7. The number of nitrogens with one attached hydrogen (secondary N) is 1. The van der Waals surface area contributed by atoms with Crippen LogP contribution in [0.4, 0.5) is 23.4 Å². The van der Waals surface area contributed by atoms with Crippen LogP contribution in [0.15, 0.2) is 61.1 Å². The number of hydrogen-bond donors (Lipinski definition) is 1. The molecule has 1 aliphatic rings. The molecule has 2 atom stereocenters. The molecule has 2 aromatic heterocycles. The minimum absolute atomic E-state index is 0. The first-order valence-electron chi connectivity index (χ1n) is 11.2. The smallest absolute Gasteiger partial charge is 0.257 e. The molecule has 0 radical (unpaired) electrons. The van der Waals surface area contributed by atoms with Crippen molar-refractivity contribution in [2.45, 2.75) is 31.2 Å². The maximum atomic E-state index is 14.7. The Balaban J connectivity index is 0.00000380. The lowest BCUT2D eigenvalue weighted by Gasteiger charge is -2.40. The van der Waals surface area contributed by atoms with Crippen LogP contribution in [0.2, 0.25) is 0 Å².